The van der Waals surface area contributed by atoms with Gasteiger partial charge in [-0.3, -0.25) is 4.79 Å². The van der Waals surface area contributed by atoms with Gasteiger partial charge < -0.3 is 9.64 Å². The Kier molecular flexibility index (Phi) is 5.48. The van der Waals surface area contributed by atoms with E-state index in [0.717, 1.165) is 11.3 Å². The maximum Gasteiger partial charge on any atom is 0.254 e. The van der Waals surface area contributed by atoms with Crippen LogP contribution in [0.1, 0.15) is 29.8 Å². The summed E-state index contributed by atoms with van der Waals surface area (Å²) in [5.41, 5.74) is 1.65. The van der Waals surface area contributed by atoms with Gasteiger partial charge in [-0.2, -0.15) is 0 Å². The van der Waals surface area contributed by atoms with E-state index >= 15 is 0 Å². The van der Waals surface area contributed by atoms with Gasteiger partial charge in [-0.1, -0.05) is 6.07 Å². The molecule has 0 unspecified atom stereocenters. The number of amides is 1. The van der Waals surface area contributed by atoms with E-state index in [1.807, 2.05) is 32.9 Å². The van der Waals surface area contributed by atoms with Crippen LogP contribution in [-0.2, 0) is 0 Å². The van der Waals surface area contributed by atoms with E-state index in [1.165, 1.54) is 0 Å². The Labute approximate surface area is 114 Å². The van der Waals surface area contributed by atoms with Gasteiger partial charge in [-0.05, 0) is 38.5 Å². The molecule has 0 aliphatic rings. The minimum Gasteiger partial charge on any atom is -0.496 e. The number of carbonyl (C=O) groups excluding carboxylic acids is 1. The second-order valence-electron chi connectivity index (χ2n) is 4.47. The zero-order valence-corrected chi connectivity index (χ0v) is 12.1. The van der Waals surface area contributed by atoms with Crippen LogP contribution in [0.25, 0.3) is 0 Å². The minimum absolute atomic E-state index is 0.0102. The molecule has 0 atom stereocenters. The van der Waals surface area contributed by atoms with Gasteiger partial charge in [-0.25, -0.2) is 0 Å². The van der Waals surface area contributed by atoms with Crippen LogP contribution in [0, 0.1) is 6.92 Å². The van der Waals surface area contributed by atoms with Crippen LogP contribution in [0.2, 0.25) is 0 Å². The highest BCUT2D eigenvalue weighted by molar-refractivity contribution is 6.18. The first-order valence-corrected chi connectivity index (χ1v) is 6.56. The number of aryl methyl sites for hydroxylation is 1. The predicted molar refractivity (Wildman–Crippen MR) is 74.6 cm³/mol. The first-order valence-electron chi connectivity index (χ1n) is 6.02. The van der Waals surface area contributed by atoms with Gasteiger partial charge in [0.1, 0.15) is 5.75 Å². The zero-order valence-electron chi connectivity index (χ0n) is 11.4. The standard InChI is InChI=1S/C14H20ClNO2/c1-10(2)16(8-7-15)14(17)12-6-5-11(3)13(9-12)18-4/h5-6,9-10H,7-8H2,1-4H3. The number of hydrogen-bond acceptors (Lipinski definition) is 2. The molecule has 0 heterocycles. The lowest BCUT2D eigenvalue weighted by atomic mass is 10.1. The van der Waals surface area contributed by atoms with Gasteiger partial charge in [-0.15, -0.1) is 11.6 Å². The highest BCUT2D eigenvalue weighted by atomic mass is 35.5. The topological polar surface area (TPSA) is 29.5 Å². The van der Waals surface area contributed by atoms with E-state index in [2.05, 4.69) is 0 Å². The number of alkyl halides is 1. The third-order valence-corrected chi connectivity index (χ3v) is 3.03. The molecule has 0 fully saturated rings. The summed E-state index contributed by atoms with van der Waals surface area (Å²) in [5, 5.41) is 0. The van der Waals surface area contributed by atoms with Crippen LogP contribution in [-0.4, -0.2) is 36.4 Å². The molecule has 1 aromatic rings. The summed E-state index contributed by atoms with van der Waals surface area (Å²) in [7, 11) is 1.61. The molecular weight excluding hydrogens is 250 g/mol. The molecule has 1 amide bonds. The van der Waals surface area contributed by atoms with Crippen molar-refractivity contribution < 1.29 is 9.53 Å². The van der Waals surface area contributed by atoms with E-state index in [1.54, 1.807) is 18.1 Å². The molecule has 18 heavy (non-hydrogen) atoms. The summed E-state index contributed by atoms with van der Waals surface area (Å²) in [6, 6.07) is 5.62. The monoisotopic (exact) mass is 269 g/mol. The van der Waals surface area contributed by atoms with E-state index in [4.69, 9.17) is 16.3 Å². The van der Waals surface area contributed by atoms with Crippen LogP contribution in [0.15, 0.2) is 18.2 Å². The molecule has 100 valence electrons. The molecule has 3 nitrogen and oxygen atoms in total. The van der Waals surface area contributed by atoms with Crippen LogP contribution in [0.5, 0.6) is 5.75 Å². The molecule has 0 aliphatic carbocycles. The summed E-state index contributed by atoms with van der Waals surface area (Å²) in [5.74, 6) is 1.16. The van der Waals surface area contributed by atoms with Crippen molar-refractivity contribution in [3.63, 3.8) is 0 Å². The predicted octanol–water partition coefficient (Wildman–Crippen LogP) is 3.09. The Morgan fingerprint density at radius 1 is 1.44 bits per heavy atom. The molecule has 1 aromatic carbocycles. The van der Waals surface area contributed by atoms with Crippen LogP contribution in [0.3, 0.4) is 0 Å². The summed E-state index contributed by atoms with van der Waals surface area (Å²) in [4.78, 5) is 14.1. The van der Waals surface area contributed by atoms with Crippen LogP contribution < -0.4 is 4.74 Å². The SMILES string of the molecule is COc1cc(C(=O)N(CCCl)C(C)C)ccc1C. The van der Waals surface area contributed by atoms with Gasteiger partial charge in [0.05, 0.1) is 7.11 Å². The molecule has 4 heteroatoms. The number of benzene rings is 1. The van der Waals surface area contributed by atoms with Crippen molar-refractivity contribution in [2.75, 3.05) is 19.5 Å². The van der Waals surface area contributed by atoms with Gasteiger partial charge in [0.25, 0.3) is 5.91 Å². The van der Waals surface area contributed by atoms with Crippen molar-refractivity contribution in [1.29, 1.82) is 0 Å². The number of ether oxygens (including phenoxy) is 1. The van der Waals surface area contributed by atoms with Crippen molar-refractivity contribution >= 4 is 17.5 Å². The third-order valence-electron chi connectivity index (χ3n) is 2.86. The molecule has 0 radical (unpaired) electrons. The first kappa shape index (κ1) is 14.8. The van der Waals surface area contributed by atoms with Gasteiger partial charge in [0.2, 0.25) is 0 Å². The number of halogens is 1. The number of rotatable bonds is 5. The number of nitrogens with zero attached hydrogens (tertiary/aromatic N) is 1. The molecular formula is C14H20ClNO2. The lowest BCUT2D eigenvalue weighted by Gasteiger charge is -2.26. The summed E-state index contributed by atoms with van der Waals surface area (Å²) in [6.45, 7) is 6.46. The fourth-order valence-electron chi connectivity index (χ4n) is 1.80. The number of carbonyl (C=O) groups is 1. The summed E-state index contributed by atoms with van der Waals surface area (Å²) < 4.78 is 5.24. The van der Waals surface area contributed by atoms with E-state index in [9.17, 15) is 4.79 Å². The molecule has 0 saturated carbocycles. The van der Waals surface area contributed by atoms with E-state index < -0.39 is 0 Å². The second kappa shape index (κ2) is 6.64. The quantitative estimate of drug-likeness (QED) is 0.769. The second-order valence-corrected chi connectivity index (χ2v) is 4.84. The van der Waals surface area contributed by atoms with Gasteiger partial charge >= 0.3 is 0 Å². The molecule has 0 aliphatic heterocycles. The van der Waals surface area contributed by atoms with E-state index in [0.29, 0.717) is 18.0 Å². The van der Waals surface area contributed by atoms with Gasteiger partial charge in [0, 0.05) is 24.0 Å². The molecule has 0 saturated heterocycles. The maximum absolute atomic E-state index is 12.4. The van der Waals surface area contributed by atoms with Crippen molar-refractivity contribution in [1.82, 2.24) is 4.90 Å². The Morgan fingerprint density at radius 3 is 2.61 bits per heavy atom. The normalized spacial score (nSPS) is 10.6. The Morgan fingerprint density at radius 2 is 2.11 bits per heavy atom. The average Bonchev–Trinajstić information content (AvgIpc) is 2.35. The fraction of sp³-hybridized carbons (Fsp3) is 0.500. The highest BCUT2D eigenvalue weighted by Crippen LogP contribution is 2.20. The zero-order chi connectivity index (χ0) is 13.7. The van der Waals surface area contributed by atoms with E-state index in [-0.39, 0.29) is 11.9 Å². The smallest absolute Gasteiger partial charge is 0.254 e. The minimum atomic E-state index is -0.0102. The summed E-state index contributed by atoms with van der Waals surface area (Å²) in [6.07, 6.45) is 0. The molecule has 0 bridgehead atoms. The molecule has 0 N–H and O–H groups in total. The van der Waals surface area contributed by atoms with Crippen molar-refractivity contribution in [2.45, 2.75) is 26.8 Å². The Hall–Kier alpha value is -1.22. The fourth-order valence-corrected chi connectivity index (χ4v) is 1.99. The van der Waals surface area contributed by atoms with Crippen LogP contribution in [0.4, 0.5) is 0 Å². The Balaban J connectivity index is 3.01. The first-order chi connectivity index (χ1) is 8.51. The number of methoxy groups -OCH3 is 1. The molecule has 0 spiro atoms. The average molecular weight is 270 g/mol. The maximum atomic E-state index is 12.4. The lowest BCUT2D eigenvalue weighted by molar-refractivity contribution is 0.0718. The highest BCUT2D eigenvalue weighted by Gasteiger charge is 2.18. The molecule has 1 rings (SSSR count). The summed E-state index contributed by atoms with van der Waals surface area (Å²) >= 11 is 5.74. The van der Waals surface area contributed by atoms with Crippen molar-refractivity contribution in [3.05, 3.63) is 29.3 Å². The lowest BCUT2D eigenvalue weighted by Crippen LogP contribution is -2.38. The van der Waals surface area contributed by atoms with Crippen LogP contribution >= 0.6 is 11.6 Å². The molecule has 0 aromatic heterocycles. The largest absolute Gasteiger partial charge is 0.496 e. The van der Waals surface area contributed by atoms with Gasteiger partial charge in [0.15, 0.2) is 0 Å². The third kappa shape index (κ3) is 3.39. The number of hydrogen-bond donors (Lipinski definition) is 0. The van der Waals surface area contributed by atoms with Crippen molar-refractivity contribution in [2.24, 2.45) is 0 Å². The van der Waals surface area contributed by atoms with Crippen molar-refractivity contribution in [3.8, 4) is 5.75 Å². The Bertz CT molecular complexity index is 418.